The van der Waals surface area contributed by atoms with Crippen LogP contribution in [0.4, 0.5) is 4.79 Å². The highest BCUT2D eigenvalue weighted by molar-refractivity contribution is 5.66. The fourth-order valence-electron chi connectivity index (χ4n) is 1.57. The Bertz CT molecular complexity index is 207. The van der Waals surface area contributed by atoms with Crippen LogP contribution in [-0.2, 0) is 4.74 Å². The number of hydrogen-bond donors (Lipinski definition) is 0. The summed E-state index contributed by atoms with van der Waals surface area (Å²) in [4.78, 5) is 12.7. The van der Waals surface area contributed by atoms with Gasteiger partial charge in [-0.1, -0.05) is 0 Å². The van der Waals surface area contributed by atoms with Crippen molar-refractivity contribution in [1.29, 1.82) is 0 Å². The third-order valence-electron chi connectivity index (χ3n) is 2.39. The second-order valence-corrected chi connectivity index (χ2v) is 4.53. The molecule has 0 aromatic heterocycles. The Kier molecular flexibility index (Phi) is 5.14. The molecule has 1 heterocycles. The number of halogens is 1. The minimum Gasteiger partial charge on any atom is -1.00 e. The molecule has 0 aromatic rings. The number of carbonyl (C=O) groups excluding carboxylic acids is 1. The number of nitrogens with zero attached hydrogens (tertiary/aromatic N) is 2. The van der Waals surface area contributed by atoms with Gasteiger partial charge in [0.25, 0.3) is 0 Å². The van der Waals surface area contributed by atoms with E-state index in [1.807, 2.05) is 0 Å². The molecular formula is C9H19IN2O2. The number of rotatable bonds is 1. The van der Waals surface area contributed by atoms with Gasteiger partial charge in [0.05, 0.1) is 20.6 Å². The largest absolute Gasteiger partial charge is 1.00 e. The van der Waals surface area contributed by atoms with Gasteiger partial charge in [-0.3, -0.25) is 0 Å². The monoisotopic (exact) mass is 314 g/mol. The molecule has 5 heteroatoms. The number of hydrogen-bond acceptors (Lipinski definition) is 2. The second-order valence-electron chi connectivity index (χ2n) is 4.53. The molecular weight excluding hydrogens is 295 g/mol. The van der Waals surface area contributed by atoms with Crippen LogP contribution in [0.3, 0.4) is 0 Å². The first kappa shape index (κ1) is 14.0. The van der Waals surface area contributed by atoms with E-state index in [2.05, 4.69) is 14.1 Å². The van der Waals surface area contributed by atoms with E-state index < -0.39 is 0 Å². The fourth-order valence-corrected chi connectivity index (χ4v) is 1.57. The zero-order chi connectivity index (χ0) is 10.1. The van der Waals surface area contributed by atoms with Crippen LogP contribution in [0, 0.1) is 0 Å². The average molecular weight is 314 g/mol. The van der Waals surface area contributed by atoms with Gasteiger partial charge in [-0.25, -0.2) is 4.79 Å². The minimum atomic E-state index is -0.230. The SMILES string of the molecule is CN(C)C(=O)OC1CC[N+](C)(C)C1.[I-]. The molecule has 14 heavy (non-hydrogen) atoms. The van der Waals surface area contributed by atoms with Gasteiger partial charge in [-0.2, -0.15) is 0 Å². The zero-order valence-electron chi connectivity index (χ0n) is 9.29. The van der Waals surface area contributed by atoms with Crippen molar-refractivity contribution in [2.45, 2.75) is 12.5 Å². The van der Waals surface area contributed by atoms with Crippen LogP contribution in [0.5, 0.6) is 0 Å². The topological polar surface area (TPSA) is 29.5 Å². The van der Waals surface area contributed by atoms with E-state index >= 15 is 0 Å². The molecule has 1 atom stereocenters. The molecule has 0 spiro atoms. The van der Waals surface area contributed by atoms with E-state index in [4.69, 9.17) is 4.74 Å². The number of likely N-dealkylation sites (N-methyl/N-ethyl adjacent to an activating group) is 1. The van der Waals surface area contributed by atoms with Gasteiger partial charge < -0.3 is 38.1 Å². The summed E-state index contributed by atoms with van der Waals surface area (Å²) in [6.45, 7) is 2.02. The molecule has 0 bridgehead atoms. The third kappa shape index (κ3) is 4.00. The molecule has 0 saturated carbocycles. The minimum absolute atomic E-state index is 0. The molecule has 0 aromatic carbocycles. The summed E-state index contributed by atoms with van der Waals surface area (Å²) in [7, 11) is 7.72. The first-order chi connectivity index (χ1) is 5.91. The van der Waals surface area contributed by atoms with Crippen LogP contribution < -0.4 is 24.0 Å². The van der Waals surface area contributed by atoms with Crippen LogP contribution in [0.2, 0.25) is 0 Å². The third-order valence-corrected chi connectivity index (χ3v) is 2.39. The Balaban J connectivity index is 0.00000169. The first-order valence-corrected chi connectivity index (χ1v) is 4.61. The lowest BCUT2D eigenvalue weighted by Gasteiger charge is -2.23. The lowest BCUT2D eigenvalue weighted by molar-refractivity contribution is -0.879. The molecule has 0 N–H and O–H groups in total. The van der Waals surface area contributed by atoms with Gasteiger partial charge in [0.15, 0.2) is 6.10 Å². The lowest BCUT2D eigenvalue weighted by atomic mass is 10.3. The van der Waals surface area contributed by atoms with Crippen molar-refractivity contribution in [2.75, 3.05) is 41.3 Å². The van der Waals surface area contributed by atoms with Crippen molar-refractivity contribution in [1.82, 2.24) is 4.90 Å². The van der Waals surface area contributed by atoms with E-state index in [1.165, 1.54) is 4.90 Å². The molecule has 1 fully saturated rings. The Morgan fingerprint density at radius 2 is 2.00 bits per heavy atom. The van der Waals surface area contributed by atoms with Crippen molar-refractivity contribution in [2.24, 2.45) is 0 Å². The van der Waals surface area contributed by atoms with E-state index in [-0.39, 0.29) is 36.2 Å². The summed E-state index contributed by atoms with van der Waals surface area (Å²) in [5, 5.41) is 0. The van der Waals surface area contributed by atoms with Crippen molar-refractivity contribution in [3.8, 4) is 0 Å². The van der Waals surface area contributed by atoms with Gasteiger partial charge in [-0.15, -0.1) is 0 Å². The first-order valence-electron chi connectivity index (χ1n) is 4.61. The summed E-state index contributed by atoms with van der Waals surface area (Å²) in [5.41, 5.74) is 0. The molecule has 1 aliphatic heterocycles. The van der Waals surface area contributed by atoms with Gasteiger partial charge in [0.2, 0.25) is 0 Å². The van der Waals surface area contributed by atoms with Gasteiger partial charge in [-0.05, 0) is 0 Å². The van der Waals surface area contributed by atoms with Crippen LogP contribution in [0.15, 0.2) is 0 Å². The van der Waals surface area contributed by atoms with E-state index in [0.717, 1.165) is 24.0 Å². The number of ether oxygens (including phenoxy) is 1. The number of carbonyl (C=O) groups is 1. The van der Waals surface area contributed by atoms with Crippen molar-refractivity contribution >= 4 is 6.09 Å². The molecule has 1 saturated heterocycles. The molecule has 1 aliphatic rings. The standard InChI is InChI=1S/C9H19N2O2.HI/c1-10(2)9(12)13-8-5-6-11(3,4)7-8;/h8H,5-7H2,1-4H3;1H/q+1;/p-1. The number of likely N-dealkylation sites (tertiary alicyclic amines) is 1. The maximum atomic E-state index is 11.2. The normalized spacial score (nSPS) is 23.9. The Hall–Kier alpha value is -0.0400. The highest BCUT2D eigenvalue weighted by atomic mass is 127. The molecule has 0 aliphatic carbocycles. The molecule has 84 valence electrons. The molecule has 1 unspecified atom stereocenters. The van der Waals surface area contributed by atoms with E-state index in [9.17, 15) is 4.79 Å². The van der Waals surface area contributed by atoms with Gasteiger partial charge >= 0.3 is 6.09 Å². The van der Waals surface area contributed by atoms with Crippen LogP contribution in [0.25, 0.3) is 0 Å². The Morgan fingerprint density at radius 3 is 2.36 bits per heavy atom. The van der Waals surface area contributed by atoms with Crippen molar-refractivity contribution < 1.29 is 38.0 Å². The molecule has 4 nitrogen and oxygen atoms in total. The summed E-state index contributed by atoms with van der Waals surface area (Å²) in [5.74, 6) is 0. The molecule has 0 radical (unpaired) electrons. The maximum Gasteiger partial charge on any atom is 0.409 e. The Morgan fingerprint density at radius 1 is 1.43 bits per heavy atom. The highest BCUT2D eigenvalue weighted by Crippen LogP contribution is 2.17. The average Bonchev–Trinajstić information content (AvgIpc) is 2.30. The van der Waals surface area contributed by atoms with Gasteiger partial charge in [0, 0.05) is 20.5 Å². The second kappa shape index (κ2) is 5.16. The van der Waals surface area contributed by atoms with E-state index in [1.54, 1.807) is 14.1 Å². The summed E-state index contributed by atoms with van der Waals surface area (Å²) >= 11 is 0. The summed E-state index contributed by atoms with van der Waals surface area (Å²) in [6, 6.07) is 0. The molecule has 1 rings (SSSR count). The number of quaternary nitrogens is 1. The van der Waals surface area contributed by atoms with Crippen LogP contribution in [-0.4, -0.2) is 62.9 Å². The summed E-state index contributed by atoms with van der Waals surface area (Å²) in [6.07, 6.45) is 0.851. The van der Waals surface area contributed by atoms with Crippen molar-refractivity contribution in [3.63, 3.8) is 0 Å². The molecule has 1 amide bonds. The quantitative estimate of drug-likeness (QED) is 0.397. The zero-order valence-corrected chi connectivity index (χ0v) is 11.4. The highest BCUT2D eigenvalue weighted by Gasteiger charge is 2.33. The smallest absolute Gasteiger partial charge is 0.409 e. The van der Waals surface area contributed by atoms with Crippen LogP contribution >= 0.6 is 0 Å². The van der Waals surface area contributed by atoms with Crippen molar-refractivity contribution in [3.05, 3.63) is 0 Å². The maximum absolute atomic E-state index is 11.2. The Labute approximate surface area is 103 Å². The lowest BCUT2D eigenvalue weighted by Crippen LogP contribution is -3.00. The predicted molar refractivity (Wildman–Crippen MR) is 50.4 cm³/mol. The fraction of sp³-hybridized carbons (Fsp3) is 0.889. The summed E-state index contributed by atoms with van der Waals surface area (Å²) < 4.78 is 6.23. The predicted octanol–water partition coefficient (Wildman–Crippen LogP) is -2.46. The van der Waals surface area contributed by atoms with Gasteiger partial charge in [0.1, 0.15) is 6.54 Å². The van der Waals surface area contributed by atoms with E-state index in [0.29, 0.717) is 0 Å². The number of amides is 1. The van der Waals surface area contributed by atoms with Crippen LogP contribution in [0.1, 0.15) is 6.42 Å².